The normalized spacial score (nSPS) is 13.3. The lowest BCUT2D eigenvalue weighted by Crippen LogP contribution is -2.26. The topological polar surface area (TPSA) is 29.5 Å². The van der Waals surface area contributed by atoms with Crippen LogP contribution in [-0.2, 0) is 5.41 Å². The van der Waals surface area contributed by atoms with Gasteiger partial charge in [0.15, 0.2) is 0 Å². The molecule has 288 valence electrons. The Morgan fingerprint density at radius 2 is 0.839 bits per heavy atom. The summed E-state index contributed by atoms with van der Waals surface area (Å²) in [6.45, 7) is 0. The van der Waals surface area contributed by atoms with Crippen LogP contribution in [0.25, 0.3) is 88.0 Å². The first kappa shape index (κ1) is 33.7. The summed E-state index contributed by atoms with van der Waals surface area (Å²) >= 11 is 0. The van der Waals surface area contributed by atoms with Gasteiger partial charge in [-0.2, -0.15) is 0 Å². The predicted molar refractivity (Wildman–Crippen MR) is 255 cm³/mol. The van der Waals surface area contributed by atoms with Crippen LogP contribution in [0.4, 0.5) is 17.1 Å². The molecule has 62 heavy (non-hydrogen) atoms. The minimum atomic E-state index is -0.480. The maximum atomic E-state index is 6.76. The molecule has 0 saturated heterocycles. The molecule has 12 aromatic rings. The van der Waals surface area contributed by atoms with Gasteiger partial charge in [0.1, 0.15) is 22.3 Å². The van der Waals surface area contributed by atoms with Crippen LogP contribution in [0.2, 0.25) is 0 Å². The molecular weight excluding hydrogens is 755 g/mol. The van der Waals surface area contributed by atoms with Gasteiger partial charge in [-0.05, 0) is 115 Å². The summed E-state index contributed by atoms with van der Waals surface area (Å²) in [6.07, 6.45) is 0. The van der Waals surface area contributed by atoms with E-state index < -0.39 is 5.41 Å². The Bertz CT molecular complexity index is 3780. The number of rotatable bonds is 4. The number of hydrogen-bond acceptors (Lipinski definition) is 3. The van der Waals surface area contributed by atoms with Crippen LogP contribution < -0.4 is 4.90 Å². The molecule has 0 atom stereocenters. The standard InChI is InChI=1S/C59H35NO2/c1-2-15-37-33-56-48(32-36(37)14-1)45-31-29-39(35-57(45)62-56)60(53-25-11-6-19-44(53)46-21-13-27-55-58(46)47-20-7-12-26-54(47)61-55)38-28-30-43-42-18-5-10-24-51(42)59(52(43)34-38)49-22-8-3-16-40(49)41-17-4-9-23-50(41)59/h1-35H. The zero-order valence-electron chi connectivity index (χ0n) is 33.5. The quantitative estimate of drug-likeness (QED) is 0.178. The molecule has 2 aliphatic carbocycles. The Morgan fingerprint density at radius 3 is 1.60 bits per heavy atom. The number of hydrogen-bond donors (Lipinski definition) is 0. The fourth-order valence-corrected chi connectivity index (χ4v) is 11.1. The van der Waals surface area contributed by atoms with Crippen LogP contribution in [0.15, 0.2) is 221 Å². The largest absolute Gasteiger partial charge is 0.456 e. The maximum Gasteiger partial charge on any atom is 0.137 e. The molecule has 2 heterocycles. The van der Waals surface area contributed by atoms with E-state index in [1.165, 1.54) is 55.3 Å². The Labute approximate surface area is 357 Å². The van der Waals surface area contributed by atoms with E-state index in [0.29, 0.717) is 0 Å². The molecule has 0 N–H and O–H groups in total. The molecule has 0 bridgehead atoms. The SMILES string of the molecule is c1ccc(N(c2ccc3c(c2)C2(c4ccccc4-c4ccccc42)c2ccccc2-3)c2ccc3c(c2)oc2cc4ccccc4cc23)c(-c2cccc3oc4ccccc4c23)c1. The first-order valence-corrected chi connectivity index (χ1v) is 21.3. The lowest BCUT2D eigenvalue weighted by molar-refractivity contribution is 0.669. The van der Waals surface area contributed by atoms with Crippen LogP contribution in [0.3, 0.4) is 0 Å². The van der Waals surface area contributed by atoms with Crippen molar-refractivity contribution < 1.29 is 8.83 Å². The third-order valence-corrected chi connectivity index (χ3v) is 13.7. The first-order valence-electron chi connectivity index (χ1n) is 21.3. The summed E-state index contributed by atoms with van der Waals surface area (Å²) in [7, 11) is 0. The van der Waals surface area contributed by atoms with Crippen molar-refractivity contribution in [2.24, 2.45) is 0 Å². The van der Waals surface area contributed by atoms with Gasteiger partial charge in [0.2, 0.25) is 0 Å². The molecule has 0 aliphatic heterocycles. The molecule has 0 fully saturated rings. The van der Waals surface area contributed by atoms with Gasteiger partial charge >= 0.3 is 0 Å². The van der Waals surface area contributed by atoms with E-state index in [0.717, 1.165) is 72.1 Å². The zero-order chi connectivity index (χ0) is 40.5. The van der Waals surface area contributed by atoms with Gasteiger partial charge < -0.3 is 13.7 Å². The van der Waals surface area contributed by atoms with Crippen LogP contribution in [-0.4, -0.2) is 0 Å². The van der Waals surface area contributed by atoms with Gasteiger partial charge in [-0.3, -0.25) is 0 Å². The van der Waals surface area contributed by atoms with Crippen molar-refractivity contribution in [1.82, 2.24) is 0 Å². The van der Waals surface area contributed by atoms with Gasteiger partial charge in [0.25, 0.3) is 0 Å². The molecule has 1 spiro atoms. The average molecular weight is 790 g/mol. The highest BCUT2D eigenvalue weighted by Gasteiger charge is 2.51. The fourth-order valence-electron chi connectivity index (χ4n) is 11.1. The molecule has 3 heteroatoms. The van der Waals surface area contributed by atoms with Crippen molar-refractivity contribution >= 4 is 71.7 Å². The van der Waals surface area contributed by atoms with Gasteiger partial charge in [0, 0.05) is 44.5 Å². The molecule has 10 aromatic carbocycles. The Hall–Kier alpha value is -8.14. The fraction of sp³-hybridized carbons (Fsp3) is 0.0169. The second kappa shape index (κ2) is 12.4. The van der Waals surface area contributed by atoms with E-state index in [1.54, 1.807) is 0 Å². The smallest absolute Gasteiger partial charge is 0.137 e. The summed E-state index contributed by atoms with van der Waals surface area (Å²) < 4.78 is 13.2. The predicted octanol–water partition coefficient (Wildman–Crippen LogP) is 16.1. The number of anilines is 3. The summed E-state index contributed by atoms with van der Waals surface area (Å²) in [6, 6.07) is 77.4. The van der Waals surface area contributed by atoms with Crippen molar-refractivity contribution in [1.29, 1.82) is 0 Å². The second-order valence-corrected chi connectivity index (χ2v) is 16.7. The number of furan rings is 2. The minimum Gasteiger partial charge on any atom is -0.456 e. The molecule has 14 rings (SSSR count). The molecule has 2 aliphatic rings. The molecule has 0 unspecified atom stereocenters. The summed E-state index contributed by atoms with van der Waals surface area (Å²) in [5.41, 5.74) is 18.8. The van der Waals surface area contributed by atoms with Crippen LogP contribution >= 0.6 is 0 Å². The highest BCUT2D eigenvalue weighted by molar-refractivity contribution is 6.15. The molecular formula is C59H35NO2. The molecule has 0 saturated carbocycles. The average Bonchev–Trinajstić information content (AvgIpc) is 4.06. The maximum absolute atomic E-state index is 6.76. The molecule has 0 amide bonds. The van der Waals surface area contributed by atoms with E-state index in [2.05, 4.69) is 211 Å². The third-order valence-electron chi connectivity index (χ3n) is 13.7. The zero-order valence-corrected chi connectivity index (χ0v) is 33.5. The molecule has 2 aromatic heterocycles. The molecule has 3 nitrogen and oxygen atoms in total. The van der Waals surface area contributed by atoms with Gasteiger partial charge in [-0.15, -0.1) is 0 Å². The monoisotopic (exact) mass is 789 g/mol. The third kappa shape index (κ3) is 4.44. The number of fused-ring (bicyclic) bond motifs is 17. The Kier molecular flexibility index (Phi) is 6.76. The van der Waals surface area contributed by atoms with Crippen molar-refractivity contribution in [3.8, 4) is 33.4 Å². The molecule has 0 radical (unpaired) electrons. The summed E-state index contributed by atoms with van der Waals surface area (Å²) in [4.78, 5) is 2.43. The summed E-state index contributed by atoms with van der Waals surface area (Å²) in [5.74, 6) is 0. The van der Waals surface area contributed by atoms with Gasteiger partial charge in [0.05, 0.1) is 11.1 Å². The highest BCUT2D eigenvalue weighted by atomic mass is 16.3. The van der Waals surface area contributed by atoms with E-state index in [1.807, 2.05) is 6.07 Å². The summed E-state index contributed by atoms with van der Waals surface area (Å²) in [5, 5.41) is 6.79. The van der Waals surface area contributed by atoms with Crippen LogP contribution in [0.5, 0.6) is 0 Å². The van der Waals surface area contributed by atoms with E-state index >= 15 is 0 Å². The lowest BCUT2D eigenvalue weighted by Gasteiger charge is -2.32. The van der Waals surface area contributed by atoms with Crippen molar-refractivity contribution in [2.75, 3.05) is 4.90 Å². The van der Waals surface area contributed by atoms with Crippen molar-refractivity contribution in [2.45, 2.75) is 5.41 Å². The number of para-hydroxylation sites is 2. The second-order valence-electron chi connectivity index (χ2n) is 16.7. The first-order chi connectivity index (χ1) is 30.7. The van der Waals surface area contributed by atoms with Crippen molar-refractivity contribution in [3.63, 3.8) is 0 Å². The Morgan fingerprint density at radius 1 is 0.306 bits per heavy atom. The van der Waals surface area contributed by atoms with Gasteiger partial charge in [-0.1, -0.05) is 152 Å². The Balaban J connectivity index is 1.06. The van der Waals surface area contributed by atoms with Crippen molar-refractivity contribution in [3.05, 3.63) is 235 Å². The van der Waals surface area contributed by atoms with E-state index in [4.69, 9.17) is 8.83 Å². The van der Waals surface area contributed by atoms with E-state index in [-0.39, 0.29) is 0 Å². The minimum absolute atomic E-state index is 0.480. The van der Waals surface area contributed by atoms with Crippen LogP contribution in [0.1, 0.15) is 22.3 Å². The number of benzene rings is 10. The number of nitrogens with zero attached hydrogens (tertiary/aromatic N) is 1. The van der Waals surface area contributed by atoms with Crippen LogP contribution in [0, 0.1) is 0 Å². The van der Waals surface area contributed by atoms with Gasteiger partial charge in [-0.25, -0.2) is 0 Å². The van der Waals surface area contributed by atoms with E-state index in [9.17, 15) is 0 Å². The highest BCUT2D eigenvalue weighted by Crippen LogP contribution is 2.63. The lowest BCUT2D eigenvalue weighted by atomic mass is 9.70.